The maximum absolute atomic E-state index is 13.6. The second kappa shape index (κ2) is 10.9. The lowest BCUT2D eigenvalue weighted by atomic mass is 9.89. The number of carbonyl (C=O) groups is 2. The van der Waals surface area contributed by atoms with Gasteiger partial charge in [0, 0.05) is 19.6 Å². The molecule has 1 aliphatic carbocycles. The van der Waals surface area contributed by atoms with E-state index >= 15 is 0 Å². The molecule has 4 rings (SSSR count). The van der Waals surface area contributed by atoms with Crippen molar-refractivity contribution in [2.24, 2.45) is 0 Å². The van der Waals surface area contributed by atoms with Crippen LogP contribution in [-0.2, 0) is 19.1 Å². The number of fused-ring (bicyclic) bond motifs is 1. The van der Waals surface area contributed by atoms with Gasteiger partial charge in [-0.15, -0.1) is 0 Å². The molecule has 1 aromatic rings. The summed E-state index contributed by atoms with van der Waals surface area (Å²) in [6, 6.07) is 5.95. The second-order valence-electron chi connectivity index (χ2n) is 8.66. The van der Waals surface area contributed by atoms with Crippen LogP contribution in [0.1, 0.15) is 37.7 Å². The fraction of sp³-hybridized carbons (Fsp3) is 0.583. The highest BCUT2D eigenvalue weighted by Gasteiger charge is 2.42. The summed E-state index contributed by atoms with van der Waals surface area (Å²) in [5.41, 5.74) is 0.565. The molecular weight excluding hydrogens is 413 g/mol. The second-order valence-corrected chi connectivity index (χ2v) is 8.66. The number of amides is 2. The predicted molar refractivity (Wildman–Crippen MR) is 118 cm³/mol. The van der Waals surface area contributed by atoms with Crippen LogP contribution in [0.5, 0.6) is 0 Å². The van der Waals surface area contributed by atoms with Crippen molar-refractivity contribution in [2.75, 3.05) is 45.9 Å². The van der Waals surface area contributed by atoms with Gasteiger partial charge in [0.1, 0.15) is 18.5 Å². The monoisotopic (exact) mass is 445 g/mol. The number of carbonyl (C=O) groups excluding carboxylic acids is 2. The summed E-state index contributed by atoms with van der Waals surface area (Å²) in [7, 11) is 0. The molecule has 1 saturated carbocycles. The van der Waals surface area contributed by atoms with Crippen molar-refractivity contribution in [2.45, 2.75) is 44.2 Å². The largest absolute Gasteiger partial charge is 0.482 e. The summed E-state index contributed by atoms with van der Waals surface area (Å²) in [5.74, 6) is -0.650. The number of morpholine rings is 2. The SMILES string of the molecule is O=C(CN1C(=O)/C(=C\c2cccc(F)c2)OC2CCCCC21)NCCCN1CCOCC1. The lowest BCUT2D eigenvalue weighted by molar-refractivity contribution is -0.151. The lowest BCUT2D eigenvalue weighted by Gasteiger charge is -2.44. The number of halogens is 1. The fourth-order valence-corrected chi connectivity index (χ4v) is 4.68. The van der Waals surface area contributed by atoms with Crippen LogP contribution in [0.4, 0.5) is 4.39 Å². The van der Waals surface area contributed by atoms with E-state index in [0.29, 0.717) is 12.1 Å². The molecule has 8 heteroatoms. The number of nitrogens with zero attached hydrogens (tertiary/aromatic N) is 2. The normalized spacial score (nSPS) is 25.3. The molecule has 0 aromatic heterocycles. The molecule has 0 bridgehead atoms. The molecule has 2 atom stereocenters. The molecule has 32 heavy (non-hydrogen) atoms. The molecule has 2 aliphatic heterocycles. The third-order valence-corrected chi connectivity index (χ3v) is 6.36. The van der Waals surface area contributed by atoms with Gasteiger partial charge in [-0.3, -0.25) is 14.5 Å². The van der Waals surface area contributed by atoms with Gasteiger partial charge in [0.15, 0.2) is 5.76 Å². The van der Waals surface area contributed by atoms with Gasteiger partial charge in [0.05, 0.1) is 19.3 Å². The first kappa shape index (κ1) is 22.7. The average molecular weight is 446 g/mol. The van der Waals surface area contributed by atoms with Gasteiger partial charge < -0.3 is 19.7 Å². The minimum absolute atomic E-state index is 0.0153. The first-order chi connectivity index (χ1) is 15.6. The van der Waals surface area contributed by atoms with Crippen molar-refractivity contribution in [3.05, 3.63) is 41.4 Å². The predicted octanol–water partition coefficient (Wildman–Crippen LogP) is 2.18. The molecule has 2 heterocycles. The fourth-order valence-electron chi connectivity index (χ4n) is 4.68. The Hall–Kier alpha value is -2.45. The number of ether oxygens (including phenoxy) is 2. The molecule has 174 valence electrons. The third-order valence-electron chi connectivity index (χ3n) is 6.36. The molecule has 3 fully saturated rings. The highest BCUT2D eigenvalue weighted by atomic mass is 19.1. The number of nitrogens with one attached hydrogen (secondary N) is 1. The number of hydrogen-bond acceptors (Lipinski definition) is 5. The minimum atomic E-state index is -0.369. The van der Waals surface area contributed by atoms with Crippen LogP contribution in [0.25, 0.3) is 6.08 Å². The number of benzene rings is 1. The van der Waals surface area contributed by atoms with Gasteiger partial charge in [-0.05, 0) is 56.0 Å². The highest BCUT2D eigenvalue weighted by molar-refractivity contribution is 5.98. The van der Waals surface area contributed by atoms with E-state index in [4.69, 9.17) is 9.47 Å². The number of hydrogen-bond donors (Lipinski definition) is 1. The molecule has 2 unspecified atom stereocenters. The summed E-state index contributed by atoms with van der Waals surface area (Å²) in [5, 5.41) is 2.96. The van der Waals surface area contributed by atoms with Crippen LogP contribution < -0.4 is 5.32 Å². The van der Waals surface area contributed by atoms with E-state index in [1.807, 2.05) is 0 Å². The van der Waals surface area contributed by atoms with Crippen molar-refractivity contribution in [3.63, 3.8) is 0 Å². The average Bonchev–Trinajstić information content (AvgIpc) is 2.80. The van der Waals surface area contributed by atoms with E-state index < -0.39 is 0 Å². The van der Waals surface area contributed by atoms with E-state index in [0.717, 1.165) is 65.0 Å². The zero-order chi connectivity index (χ0) is 22.3. The van der Waals surface area contributed by atoms with Crippen molar-refractivity contribution in [1.29, 1.82) is 0 Å². The Morgan fingerprint density at radius 2 is 2.03 bits per heavy atom. The Balaban J connectivity index is 1.36. The molecule has 1 aromatic carbocycles. The zero-order valence-corrected chi connectivity index (χ0v) is 18.4. The summed E-state index contributed by atoms with van der Waals surface area (Å²) in [6.07, 6.45) is 6.02. The number of rotatable bonds is 7. The highest BCUT2D eigenvalue weighted by Crippen LogP contribution is 2.33. The zero-order valence-electron chi connectivity index (χ0n) is 18.4. The minimum Gasteiger partial charge on any atom is -0.482 e. The van der Waals surface area contributed by atoms with Gasteiger partial charge in [0.25, 0.3) is 5.91 Å². The summed E-state index contributed by atoms with van der Waals surface area (Å²) >= 11 is 0. The first-order valence-electron chi connectivity index (χ1n) is 11.6. The summed E-state index contributed by atoms with van der Waals surface area (Å²) in [6.45, 7) is 4.90. The third kappa shape index (κ3) is 5.86. The standard InChI is InChI=1S/C24H32FN3O4/c25-19-6-3-5-18(15-19)16-22-24(30)28(20-7-1-2-8-21(20)32-22)17-23(29)26-9-4-10-27-11-13-31-14-12-27/h3,5-6,15-16,20-21H,1-2,4,7-14,17H2,(H,26,29)/b22-16+. The molecule has 3 aliphatic rings. The summed E-state index contributed by atoms with van der Waals surface area (Å²) in [4.78, 5) is 29.8. The van der Waals surface area contributed by atoms with Gasteiger partial charge in [-0.1, -0.05) is 18.6 Å². The van der Waals surface area contributed by atoms with Crippen LogP contribution in [0, 0.1) is 5.82 Å². The van der Waals surface area contributed by atoms with Crippen molar-refractivity contribution in [3.8, 4) is 0 Å². The molecule has 0 radical (unpaired) electrons. The molecular formula is C24H32FN3O4. The molecule has 7 nitrogen and oxygen atoms in total. The van der Waals surface area contributed by atoms with Crippen LogP contribution >= 0.6 is 0 Å². The molecule has 1 N–H and O–H groups in total. The molecule has 0 spiro atoms. The maximum atomic E-state index is 13.6. The molecule has 2 saturated heterocycles. The van der Waals surface area contributed by atoms with E-state index in [-0.39, 0.29) is 42.1 Å². The lowest BCUT2D eigenvalue weighted by Crippen LogP contribution is -2.57. The smallest absolute Gasteiger partial charge is 0.289 e. The van der Waals surface area contributed by atoms with Gasteiger partial charge in [0.2, 0.25) is 5.91 Å². The van der Waals surface area contributed by atoms with Crippen LogP contribution in [0.15, 0.2) is 30.0 Å². The van der Waals surface area contributed by atoms with Crippen molar-refractivity contribution < 1.29 is 23.5 Å². The van der Waals surface area contributed by atoms with Crippen molar-refractivity contribution >= 4 is 17.9 Å². The van der Waals surface area contributed by atoms with Gasteiger partial charge >= 0.3 is 0 Å². The topological polar surface area (TPSA) is 71.1 Å². The Kier molecular flexibility index (Phi) is 7.76. The van der Waals surface area contributed by atoms with E-state index in [1.165, 1.54) is 12.1 Å². The maximum Gasteiger partial charge on any atom is 0.289 e. The Morgan fingerprint density at radius 3 is 2.84 bits per heavy atom. The quantitative estimate of drug-likeness (QED) is 0.515. The Labute approximate surface area is 188 Å². The van der Waals surface area contributed by atoms with Crippen LogP contribution in [0.2, 0.25) is 0 Å². The Morgan fingerprint density at radius 1 is 1.22 bits per heavy atom. The molecule has 2 amide bonds. The van der Waals surface area contributed by atoms with E-state index in [2.05, 4.69) is 10.2 Å². The Bertz CT molecular complexity index is 840. The first-order valence-corrected chi connectivity index (χ1v) is 11.6. The van der Waals surface area contributed by atoms with Gasteiger partial charge in [-0.25, -0.2) is 4.39 Å². The van der Waals surface area contributed by atoms with E-state index in [9.17, 15) is 14.0 Å². The van der Waals surface area contributed by atoms with Crippen LogP contribution in [-0.4, -0.2) is 79.7 Å². The van der Waals surface area contributed by atoms with Crippen LogP contribution in [0.3, 0.4) is 0 Å². The summed E-state index contributed by atoms with van der Waals surface area (Å²) < 4.78 is 25.0. The van der Waals surface area contributed by atoms with Crippen molar-refractivity contribution in [1.82, 2.24) is 15.1 Å². The van der Waals surface area contributed by atoms with Gasteiger partial charge in [-0.2, -0.15) is 0 Å². The van der Waals surface area contributed by atoms with E-state index in [1.54, 1.807) is 23.1 Å².